The Kier molecular flexibility index (Phi) is 13.2. The minimum absolute atomic E-state index is 0.116. The molecule has 0 radical (unpaired) electrons. The van der Waals surface area contributed by atoms with Crippen LogP contribution in [0.3, 0.4) is 0 Å². The molecule has 11 nitrogen and oxygen atoms in total. The summed E-state index contributed by atoms with van der Waals surface area (Å²) in [4.78, 5) is 47.1. The van der Waals surface area contributed by atoms with Gasteiger partial charge >= 0.3 is 12.2 Å². The number of rotatable bonds is 7. The van der Waals surface area contributed by atoms with Gasteiger partial charge in [0.2, 0.25) is 0 Å². The van der Waals surface area contributed by atoms with E-state index in [1.807, 2.05) is 13.8 Å². The summed E-state index contributed by atoms with van der Waals surface area (Å²) in [5.41, 5.74) is 0.359. The molecule has 4 amide bonds. The third-order valence-electron chi connectivity index (χ3n) is 8.52. The molecule has 0 spiro atoms. The number of aliphatic hydroxyl groups is 1. The van der Waals surface area contributed by atoms with Crippen LogP contribution in [0.25, 0.3) is 0 Å². The molecule has 0 saturated heterocycles. The fourth-order valence-electron chi connectivity index (χ4n) is 5.48. The maximum atomic E-state index is 14.3. The summed E-state index contributed by atoms with van der Waals surface area (Å²) in [6.45, 7) is 5.82. The molecule has 2 aromatic carbocycles. The number of anilines is 2. The number of alkyl halides is 3. The van der Waals surface area contributed by atoms with Gasteiger partial charge in [0.05, 0.1) is 36.0 Å². The number of nitrogens with zero attached hydrogens (tertiary/aromatic N) is 3. The normalized spacial score (nSPS) is 19.7. The zero-order valence-corrected chi connectivity index (χ0v) is 28.6. The molecule has 1 aliphatic rings. The standard InChI is InChI=1S/C36H44F3N5O6/c1-23-20-44(24(2)22-45)34(47)30-19-29(41-33(46)26-14-16-40-17-15-26)12-13-31(30)50-25(3)7-5-6-18-49-32(23)21-43(4)35(48)42-28-10-8-27(9-11-28)36(37,38)39/h8-17,19,23-25,32,45H,5-7,18,20-22H2,1-4H3,(H,41,46)(H,42,48)/t23-,24-,25+,32+/m0/s1. The molecule has 0 unspecified atom stereocenters. The smallest absolute Gasteiger partial charge is 0.416 e. The number of ether oxygens (including phenoxy) is 2. The summed E-state index contributed by atoms with van der Waals surface area (Å²) in [6.07, 6.45) is -0.122. The van der Waals surface area contributed by atoms with Crippen molar-refractivity contribution in [2.75, 3.05) is 44.0 Å². The van der Waals surface area contributed by atoms with Crippen LogP contribution in [-0.2, 0) is 10.9 Å². The van der Waals surface area contributed by atoms with Crippen LogP contribution < -0.4 is 15.4 Å². The number of aromatic nitrogens is 1. The zero-order chi connectivity index (χ0) is 36.4. The molecule has 2 heterocycles. The predicted molar refractivity (Wildman–Crippen MR) is 182 cm³/mol. The zero-order valence-electron chi connectivity index (χ0n) is 28.6. The van der Waals surface area contributed by atoms with Gasteiger partial charge in [0.1, 0.15) is 5.75 Å². The van der Waals surface area contributed by atoms with E-state index in [1.165, 1.54) is 34.3 Å². The third kappa shape index (κ3) is 10.4. The van der Waals surface area contributed by atoms with Crippen molar-refractivity contribution in [2.24, 2.45) is 5.92 Å². The Morgan fingerprint density at radius 3 is 2.38 bits per heavy atom. The van der Waals surface area contributed by atoms with Crippen molar-refractivity contribution in [2.45, 2.75) is 64.5 Å². The number of nitrogens with one attached hydrogen (secondary N) is 2. The van der Waals surface area contributed by atoms with E-state index in [-0.39, 0.29) is 48.9 Å². The number of carbonyl (C=O) groups is 3. The molecule has 1 aliphatic heterocycles. The van der Waals surface area contributed by atoms with E-state index in [9.17, 15) is 32.7 Å². The van der Waals surface area contributed by atoms with E-state index >= 15 is 0 Å². The van der Waals surface area contributed by atoms with Crippen molar-refractivity contribution in [3.8, 4) is 5.75 Å². The second-order valence-corrected chi connectivity index (χ2v) is 12.6. The van der Waals surface area contributed by atoms with E-state index < -0.39 is 35.8 Å². The second kappa shape index (κ2) is 17.3. The van der Waals surface area contributed by atoms with Crippen LogP contribution in [0.1, 0.15) is 66.3 Å². The highest BCUT2D eigenvalue weighted by atomic mass is 19.4. The van der Waals surface area contributed by atoms with Gasteiger partial charge in [-0.3, -0.25) is 14.6 Å². The lowest BCUT2D eigenvalue weighted by atomic mass is 10.0. The molecule has 4 rings (SSSR count). The maximum Gasteiger partial charge on any atom is 0.416 e. The molecular formula is C36H44F3N5O6. The number of amides is 4. The summed E-state index contributed by atoms with van der Waals surface area (Å²) in [5.74, 6) is -0.799. The summed E-state index contributed by atoms with van der Waals surface area (Å²) in [6, 6.07) is 11.0. The van der Waals surface area contributed by atoms with Crippen LogP contribution in [-0.4, -0.2) is 89.3 Å². The van der Waals surface area contributed by atoms with E-state index in [2.05, 4.69) is 15.6 Å². The molecule has 14 heteroatoms. The highest BCUT2D eigenvalue weighted by Gasteiger charge is 2.32. The first-order valence-electron chi connectivity index (χ1n) is 16.5. The SMILES string of the molecule is C[C@@H]1CCCCO[C@H](CN(C)C(=O)Nc2ccc(C(F)(F)F)cc2)[C@@H](C)CN([C@@H](C)CO)C(=O)c2cc(NC(=O)c3ccncc3)ccc2O1. The Morgan fingerprint density at radius 2 is 1.72 bits per heavy atom. The first kappa shape index (κ1) is 38.1. The molecule has 4 atom stereocenters. The Hall–Kier alpha value is -4.69. The van der Waals surface area contributed by atoms with Gasteiger partial charge < -0.3 is 35.0 Å². The van der Waals surface area contributed by atoms with E-state index in [4.69, 9.17) is 9.47 Å². The number of pyridine rings is 1. The quantitative estimate of drug-likeness (QED) is 0.263. The molecule has 0 bridgehead atoms. The van der Waals surface area contributed by atoms with Gasteiger partial charge in [0.25, 0.3) is 11.8 Å². The highest BCUT2D eigenvalue weighted by Crippen LogP contribution is 2.31. The number of halogens is 3. The number of hydrogen-bond acceptors (Lipinski definition) is 7. The van der Waals surface area contributed by atoms with Crippen molar-refractivity contribution in [3.05, 3.63) is 83.7 Å². The summed E-state index contributed by atoms with van der Waals surface area (Å²) in [5, 5.41) is 15.6. The lowest BCUT2D eigenvalue weighted by Crippen LogP contribution is -2.48. The molecule has 0 fully saturated rings. The van der Waals surface area contributed by atoms with Gasteiger partial charge in [-0.2, -0.15) is 13.2 Å². The number of likely N-dealkylation sites (N-methyl/N-ethyl adjacent to an activating group) is 1. The lowest BCUT2D eigenvalue weighted by Gasteiger charge is -2.35. The third-order valence-corrected chi connectivity index (χ3v) is 8.52. The van der Waals surface area contributed by atoms with Crippen molar-refractivity contribution >= 4 is 29.2 Å². The van der Waals surface area contributed by atoms with E-state index in [0.717, 1.165) is 18.6 Å². The minimum Gasteiger partial charge on any atom is -0.490 e. The number of benzene rings is 2. The van der Waals surface area contributed by atoms with Crippen LogP contribution in [0.15, 0.2) is 67.0 Å². The fourth-order valence-corrected chi connectivity index (χ4v) is 5.48. The van der Waals surface area contributed by atoms with Crippen LogP contribution in [0.5, 0.6) is 5.75 Å². The second-order valence-electron chi connectivity index (χ2n) is 12.6. The Bertz CT molecular complexity index is 1590. The Labute approximate surface area is 289 Å². The highest BCUT2D eigenvalue weighted by molar-refractivity contribution is 6.05. The van der Waals surface area contributed by atoms with E-state index in [0.29, 0.717) is 36.4 Å². The fraction of sp³-hybridized carbons (Fsp3) is 0.444. The van der Waals surface area contributed by atoms with Gasteiger partial charge in [0.15, 0.2) is 0 Å². The molecule has 50 heavy (non-hydrogen) atoms. The molecule has 0 aliphatic carbocycles. The molecule has 270 valence electrons. The van der Waals surface area contributed by atoms with Crippen molar-refractivity contribution in [1.29, 1.82) is 0 Å². The topological polar surface area (TPSA) is 133 Å². The van der Waals surface area contributed by atoms with Crippen LogP contribution in [0.4, 0.5) is 29.3 Å². The molecule has 1 aromatic heterocycles. The van der Waals surface area contributed by atoms with Crippen molar-refractivity contribution < 1.29 is 42.1 Å². The van der Waals surface area contributed by atoms with Crippen LogP contribution in [0, 0.1) is 5.92 Å². The van der Waals surface area contributed by atoms with Crippen molar-refractivity contribution in [3.63, 3.8) is 0 Å². The molecule has 3 N–H and O–H groups in total. The minimum atomic E-state index is -4.49. The van der Waals surface area contributed by atoms with Crippen LogP contribution >= 0.6 is 0 Å². The van der Waals surface area contributed by atoms with Crippen molar-refractivity contribution in [1.82, 2.24) is 14.8 Å². The molecular weight excluding hydrogens is 655 g/mol. The van der Waals surface area contributed by atoms with Gasteiger partial charge in [0, 0.05) is 62.0 Å². The molecule has 0 saturated carbocycles. The first-order valence-corrected chi connectivity index (χ1v) is 16.5. The number of carbonyl (C=O) groups excluding carboxylic acids is 3. The average Bonchev–Trinajstić information content (AvgIpc) is 3.09. The monoisotopic (exact) mass is 699 g/mol. The van der Waals surface area contributed by atoms with Gasteiger partial charge in [-0.05, 0) is 87.7 Å². The number of aliphatic hydroxyl groups excluding tert-OH is 1. The average molecular weight is 700 g/mol. The summed E-state index contributed by atoms with van der Waals surface area (Å²) < 4.78 is 51.5. The van der Waals surface area contributed by atoms with Gasteiger partial charge in [-0.1, -0.05) is 6.92 Å². The van der Waals surface area contributed by atoms with Gasteiger partial charge in [-0.15, -0.1) is 0 Å². The van der Waals surface area contributed by atoms with E-state index in [1.54, 1.807) is 44.3 Å². The summed E-state index contributed by atoms with van der Waals surface area (Å²) >= 11 is 0. The van der Waals surface area contributed by atoms with Crippen LogP contribution in [0.2, 0.25) is 0 Å². The molecule has 3 aromatic rings. The summed E-state index contributed by atoms with van der Waals surface area (Å²) in [7, 11) is 1.55. The Balaban J connectivity index is 1.57. The maximum absolute atomic E-state index is 14.3. The Morgan fingerprint density at radius 1 is 1.04 bits per heavy atom. The largest absolute Gasteiger partial charge is 0.490 e. The number of fused-ring (bicyclic) bond motifs is 1. The number of urea groups is 1. The lowest BCUT2D eigenvalue weighted by molar-refractivity contribution is -0.137. The predicted octanol–water partition coefficient (Wildman–Crippen LogP) is 6.31. The first-order chi connectivity index (χ1) is 23.8. The number of hydrogen-bond donors (Lipinski definition) is 3. The van der Waals surface area contributed by atoms with Gasteiger partial charge in [-0.25, -0.2) is 4.79 Å².